The van der Waals surface area contributed by atoms with E-state index in [1.165, 1.54) is 11.8 Å². The average Bonchev–Trinajstić information content (AvgIpc) is 3.23. The van der Waals surface area contributed by atoms with E-state index in [0.29, 0.717) is 10.7 Å². The summed E-state index contributed by atoms with van der Waals surface area (Å²) in [6, 6.07) is 13.1. The van der Waals surface area contributed by atoms with Gasteiger partial charge in [0, 0.05) is 34.4 Å². The number of hydrogen-bond acceptors (Lipinski definition) is 4. The molecule has 0 radical (unpaired) electrons. The maximum Gasteiger partial charge on any atom is 0.238 e. The van der Waals surface area contributed by atoms with Crippen LogP contribution in [0.4, 0.5) is 5.69 Å². The molecule has 29 heavy (non-hydrogen) atoms. The number of nitrogens with one attached hydrogen (secondary N) is 2. The lowest BCUT2D eigenvalue weighted by Crippen LogP contribution is -2.35. The molecular formula is C21H19ClN4O2S. The van der Waals surface area contributed by atoms with Crippen LogP contribution in [0.3, 0.4) is 0 Å². The fourth-order valence-corrected chi connectivity index (χ4v) is 4.42. The summed E-state index contributed by atoms with van der Waals surface area (Å²) in [5.41, 5.74) is 2.68. The van der Waals surface area contributed by atoms with Crippen LogP contribution in [0.2, 0.25) is 5.02 Å². The fraction of sp³-hybridized carbons (Fsp3) is 0.190. The second-order valence-electron chi connectivity index (χ2n) is 6.79. The molecule has 2 heterocycles. The Bertz CT molecular complexity index is 1040. The highest BCUT2D eigenvalue weighted by atomic mass is 35.5. The molecule has 0 spiro atoms. The topological polar surface area (TPSA) is 76.0 Å². The molecule has 0 unspecified atom stereocenters. The number of carbonyl (C=O) groups excluding carboxylic acids is 2. The number of benzene rings is 2. The van der Waals surface area contributed by atoms with Crippen LogP contribution >= 0.6 is 23.4 Å². The molecule has 2 N–H and O–H groups in total. The van der Waals surface area contributed by atoms with Crippen molar-refractivity contribution in [2.24, 2.45) is 0 Å². The Morgan fingerprint density at radius 2 is 2.10 bits per heavy atom. The van der Waals surface area contributed by atoms with Crippen molar-refractivity contribution in [3.05, 3.63) is 71.8 Å². The Morgan fingerprint density at radius 3 is 2.83 bits per heavy atom. The van der Waals surface area contributed by atoms with Crippen molar-refractivity contribution in [2.75, 3.05) is 5.32 Å². The van der Waals surface area contributed by atoms with Gasteiger partial charge < -0.3 is 15.2 Å². The van der Waals surface area contributed by atoms with Gasteiger partial charge in [0.1, 0.15) is 0 Å². The second-order valence-corrected chi connectivity index (χ2v) is 8.47. The molecule has 2 aromatic carbocycles. The summed E-state index contributed by atoms with van der Waals surface area (Å²) in [7, 11) is 0. The lowest BCUT2D eigenvalue weighted by molar-refractivity contribution is -0.124. The third-order valence-corrected chi connectivity index (χ3v) is 6.22. The highest BCUT2D eigenvalue weighted by molar-refractivity contribution is 8.01. The standard InChI is InChI=1S/C21H19ClN4O2S/c1-13(14-2-5-16(6-3-14)26-9-8-23-12-26)24-20(27)11-19-21(28)25-17-10-15(22)4-7-18(17)29-19/h2-10,12-13,19H,11H2,1H3,(H,24,27)(H,25,28)/t13-,19-/m1/s1. The first-order valence-corrected chi connectivity index (χ1v) is 10.4. The molecule has 0 aliphatic carbocycles. The van der Waals surface area contributed by atoms with Gasteiger partial charge in [-0.3, -0.25) is 9.59 Å². The maximum absolute atomic E-state index is 12.5. The van der Waals surface area contributed by atoms with Gasteiger partial charge >= 0.3 is 0 Å². The molecule has 0 bridgehead atoms. The van der Waals surface area contributed by atoms with Crippen molar-refractivity contribution in [3.63, 3.8) is 0 Å². The van der Waals surface area contributed by atoms with E-state index in [0.717, 1.165) is 16.1 Å². The van der Waals surface area contributed by atoms with Crippen LogP contribution in [0.15, 0.2) is 66.1 Å². The number of imidazole rings is 1. The first-order valence-electron chi connectivity index (χ1n) is 9.14. The number of aromatic nitrogens is 2. The predicted molar refractivity (Wildman–Crippen MR) is 114 cm³/mol. The van der Waals surface area contributed by atoms with Crippen LogP contribution < -0.4 is 10.6 Å². The molecule has 3 aromatic rings. The first-order chi connectivity index (χ1) is 14.0. The quantitative estimate of drug-likeness (QED) is 0.640. The lowest BCUT2D eigenvalue weighted by Gasteiger charge is -2.24. The van der Waals surface area contributed by atoms with Crippen molar-refractivity contribution in [3.8, 4) is 5.69 Å². The summed E-state index contributed by atoms with van der Waals surface area (Å²) in [5.74, 6) is -0.349. The van der Waals surface area contributed by atoms with E-state index in [-0.39, 0.29) is 24.3 Å². The Morgan fingerprint density at radius 1 is 1.31 bits per heavy atom. The smallest absolute Gasteiger partial charge is 0.238 e. The zero-order valence-electron chi connectivity index (χ0n) is 15.6. The minimum Gasteiger partial charge on any atom is -0.350 e. The van der Waals surface area contributed by atoms with Crippen molar-refractivity contribution in [1.82, 2.24) is 14.9 Å². The third-order valence-electron chi connectivity index (χ3n) is 4.71. The van der Waals surface area contributed by atoms with Crippen LogP contribution in [0.5, 0.6) is 0 Å². The molecular weight excluding hydrogens is 408 g/mol. The minimum absolute atomic E-state index is 0.107. The van der Waals surface area contributed by atoms with E-state index in [1.54, 1.807) is 24.7 Å². The molecule has 148 valence electrons. The average molecular weight is 427 g/mol. The summed E-state index contributed by atoms with van der Waals surface area (Å²) in [5, 5.41) is 5.90. The molecule has 0 saturated carbocycles. The predicted octanol–water partition coefficient (Wildman–Crippen LogP) is 4.21. The van der Waals surface area contributed by atoms with Crippen LogP contribution in [0, 0.1) is 0 Å². The molecule has 8 heteroatoms. The number of carbonyl (C=O) groups is 2. The van der Waals surface area contributed by atoms with Gasteiger partial charge in [-0.25, -0.2) is 4.98 Å². The number of anilines is 1. The number of amides is 2. The highest BCUT2D eigenvalue weighted by Gasteiger charge is 2.29. The molecule has 2 amide bonds. The SMILES string of the molecule is C[C@@H](NC(=O)C[C@H]1Sc2ccc(Cl)cc2NC1=O)c1ccc(-n2ccnc2)cc1. The summed E-state index contributed by atoms with van der Waals surface area (Å²) in [6.07, 6.45) is 5.44. The van der Waals surface area contributed by atoms with Crippen molar-refractivity contribution >= 4 is 40.9 Å². The highest BCUT2D eigenvalue weighted by Crippen LogP contribution is 2.38. The third kappa shape index (κ3) is 4.46. The molecule has 0 fully saturated rings. The lowest BCUT2D eigenvalue weighted by atomic mass is 10.1. The number of hydrogen-bond donors (Lipinski definition) is 2. The Kier molecular flexibility index (Phi) is 5.60. The normalized spacial score (nSPS) is 16.6. The molecule has 1 aromatic heterocycles. The van der Waals surface area contributed by atoms with Gasteiger partial charge in [-0.05, 0) is 42.8 Å². The van der Waals surface area contributed by atoms with E-state index < -0.39 is 5.25 Å². The van der Waals surface area contributed by atoms with Crippen LogP contribution in [-0.2, 0) is 9.59 Å². The summed E-state index contributed by atoms with van der Waals surface area (Å²) in [6.45, 7) is 1.93. The van der Waals surface area contributed by atoms with E-state index in [9.17, 15) is 9.59 Å². The summed E-state index contributed by atoms with van der Waals surface area (Å²) in [4.78, 5) is 29.8. The van der Waals surface area contributed by atoms with Crippen LogP contribution in [-0.4, -0.2) is 26.6 Å². The van der Waals surface area contributed by atoms with Crippen LogP contribution in [0.1, 0.15) is 24.9 Å². The molecule has 1 aliphatic heterocycles. The van der Waals surface area contributed by atoms with E-state index in [2.05, 4.69) is 15.6 Å². The van der Waals surface area contributed by atoms with Gasteiger partial charge in [-0.1, -0.05) is 23.7 Å². The van der Waals surface area contributed by atoms with Crippen molar-refractivity contribution in [2.45, 2.75) is 29.5 Å². The van der Waals surface area contributed by atoms with Crippen molar-refractivity contribution in [1.29, 1.82) is 0 Å². The molecule has 4 rings (SSSR count). The number of rotatable bonds is 5. The molecule has 0 saturated heterocycles. The fourth-order valence-electron chi connectivity index (χ4n) is 3.16. The van der Waals surface area contributed by atoms with E-state index in [1.807, 2.05) is 48.0 Å². The Hall–Kier alpha value is -2.77. The van der Waals surface area contributed by atoms with Gasteiger partial charge in [-0.15, -0.1) is 11.8 Å². The summed E-state index contributed by atoms with van der Waals surface area (Å²) < 4.78 is 1.91. The molecule has 6 nitrogen and oxygen atoms in total. The van der Waals surface area contributed by atoms with E-state index >= 15 is 0 Å². The van der Waals surface area contributed by atoms with E-state index in [4.69, 9.17) is 11.6 Å². The first kappa shape index (κ1) is 19.5. The van der Waals surface area contributed by atoms with Gasteiger partial charge in [0.05, 0.1) is 23.3 Å². The summed E-state index contributed by atoms with van der Waals surface area (Å²) >= 11 is 7.36. The van der Waals surface area contributed by atoms with Crippen LogP contribution in [0.25, 0.3) is 5.69 Å². The van der Waals surface area contributed by atoms with Gasteiger partial charge in [0.25, 0.3) is 0 Å². The Balaban J connectivity index is 1.37. The number of halogens is 1. The Labute approximate surface area is 177 Å². The minimum atomic E-state index is -0.473. The van der Waals surface area contributed by atoms with Gasteiger partial charge in [-0.2, -0.15) is 0 Å². The van der Waals surface area contributed by atoms with Gasteiger partial charge in [0.2, 0.25) is 11.8 Å². The number of nitrogens with zero attached hydrogens (tertiary/aromatic N) is 2. The molecule has 2 atom stereocenters. The maximum atomic E-state index is 12.5. The zero-order valence-corrected chi connectivity index (χ0v) is 17.2. The number of thioether (sulfide) groups is 1. The molecule has 1 aliphatic rings. The second kappa shape index (κ2) is 8.31. The largest absolute Gasteiger partial charge is 0.350 e. The van der Waals surface area contributed by atoms with Crippen molar-refractivity contribution < 1.29 is 9.59 Å². The van der Waals surface area contributed by atoms with Gasteiger partial charge in [0.15, 0.2) is 0 Å². The monoisotopic (exact) mass is 426 g/mol. The zero-order chi connectivity index (χ0) is 20.4. The number of fused-ring (bicyclic) bond motifs is 1.